The van der Waals surface area contributed by atoms with Gasteiger partial charge < -0.3 is 0 Å². The van der Waals surface area contributed by atoms with Crippen molar-refractivity contribution in [2.75, 3.05) is 0 Å². The van der Waals surface area contributed by atoms with E-state index >= 15 is 0 Å². The summed E-state index contributed by atoms with van der Waals surface area (Å²) in [6.45, 7) is 1.80. The van der Waals surface area contributed by atoms with Crippen molar-refractivity contribution in [1.29, 1.82) is 0 Å². The van der Waals surface area contributed by atoms with Crippen LogP contribution in [0.15, 0.2) is 44.4 Å². The number of sulfonamides is 1. The van der Waals surface area contributed by atoms with Gasteiger partial charge in [-0.05, 0) is 47.5 Å². The standard InChI is InChI=1S/C12H11BrClNO2S2/c1-8(9-4-5-18-7-9)15-19(16,17)12-3-2-10(13)6-11(12)14/h2-8,15H,1H3. The first-order valence-electron chi connectivity index (χ1n) is 5.39. The molecule has 0 aliphatic carbocycles. The molecule has 0 fully saturated rings. The predicted octanol–water partition coefficient (Wildman–Crippen LogP) is 4.20. The van der Waals surface area contributed by atoms with E-state index in [-0.39, 0.29) is 16.0 Å². The lowest BCUT2D eigenvalue weighted by Crippen LogP contribution is -2.26. The van der Waals surface area contributed by atoms with E-state index in [9.17, 15) is 8.42 Å². The fraction of sp³-hybridized carbons (Fsp3) is 0.167. The second kappa shape index (κ2) is 5.93. The highest BCUT2D eigenvalue weighted by molar-refractivity contribution is 9.10. The predicted molar refractivity (Wildman–Crippen MR) is 82.2 cm³/mol. The van der Waals surface area contributed by atoms with Crippen LogP contribution in [-0.4, -0.2) is 8.42 Å². The van der Waals surface area contributed by atoms with Crippen molar-refractivity contribution in [3.8, 4) is 0 Å². The summed E-state index contributed by atoms with van der Waals surface area (Å²) >= 11 is 10.8. The first-order chi connectivity index (χ1) is 8.90. The first kappa shape index (κ1) is 15.0. The smallest absolute Gasteiger partial charge is 0.207 e. The van der Waals surface area contributed by atoms with Crippen molar-refractivity contribution in [3.63, 3.8) is 0 Å². The average Bonchev–Trinajstić information content (AvgIpc) is 2.80. The van der Waals surface area contributed by atoms with Crippen molar-refractivity contribution >= 4 is 48.9 Å². The molecule has 1 heterocycles. The summed E-state index contributed by atoms with van der Waals surface area (Å²) < 4.78 is 27.9. The summed E-state index contributed by atoms with van der Waals surface area (Å²) in [5.74, 6) is 0. The zero-order chi connectivity index (χ0) is 14.0. The molecule has 0 spiro atoms. The van der Waals surface area contributed by atoms with Crippen LogP contribution in [0.3, 0.4) is 0 Å². The first-order valence-corrected chi connectivity index (χ1v) is 8.99. The van der Waals surface area contributed by atoms with E-state index in [0.29, 0.717) is 0 Å². The molecule has 0 radical (unpaired) electrons. The normalized spacial score (nSPS) is 13.4. The Bertz CT molecular complexity index is 671. The molecule has 0 saturated heterocycles. The number of benzene rings is 1. The quantitative estimate of drug-likeness (QED) is 0.864. The van der Waals surface area contributed by atoms with Crippen LogP contribution in [0.1, 0.15) is 18.5 Å². The zero-order valence-electron chi connectivity index (χ0n) is 9.93. The van der Waals surface area contributed by atoms with Gasteiger partial charge in [0.2, 0.25) is 10.0 Å². The molecule has 0 aliphatic rings. The van der Waals surface area contributed by atoms with Crippen LogP contribution >= 0.6 is 38.9 Å². The van der Waals surface area contributed by atoms with Crippen LogP contribution in [0.4, 0.5) is 0 Å². The largest absolute Gasteiger partial charge is 0.242 e. The summed E-state index contributed by atoms with van der Waals surface area (Å²) in [6, 6.07) is 6.29. The summed E-state index contributed by atoms with van der Waals surface area (Å²) in [7, 11) is -3.63. The van der Waals surface area contributed by atoms with Gasteiger partial charge in [-0.1, -0.05) is 27.5 Å². The lowest BCUT2D eigenvalue weighted by atomic mass is 10.2. The average molecular weight is 381 g/mol. The van der Waals surface area contributed by atoms with Crippen molar-refractivity contribution < 1.29 is 8.42 Å². The number of nitrogens with one attached hydrogen (secondary N) is 1. The van der Waals surface area contributed by atoms with Crippen molar-refractivity contribution in [2.24, 2.45) is 0 Å². The van der Waals surface area contributed by atoms with Gasteiger partial charge in [0.15, 0.2) is 0 Å². The number of halogens is 2. The molecule has 1 aromatic heterocycles. The molecule has 7 heteroatoms. The molecule has 3 nitrogen and oxygen atoms in total. The third-order valence-corrected chi connectivity index (χ3v) is 5.78. The van der Waals surface area contributed by atoms with Gasteiger partial charge >= 0.3 is 0 Å². The fourth-order valence-electron chi connectivity index (χ4n) is 1.58. The lowest BCUT2D eigenvalue weighted by molar-refractivity contribution is 0.567. The van der Waals surface area contributed by atoms with E-state index in [4.69, 9.17) is 11.6 Å². The summed E-state index contributed by atoms with van der Waals surface area (Å²) in [5, 5.41) is 4.02. The molecule has 1 aromatic carbocycles. The van der Waals surface area contributed by atoms with Crippen molar-refractivity contribution in [2.45, 2.75) is 17.9 Å². The Morgan fingerprint density at radius 1 is 1.37 bits per heavy atom. The monoisotopic (exact) mass is 379 g/mol. The molecule has 1 atom stereocenters. The van der Waals surface area contributed by atoms with E-state index in [1.165, 1.54) is 17.4 Å². The lowest BCUT2D eigenvalue weighted by Gasteiger charge is -2.14. The van der Waals surface area contributed by atoms with E-state index in [1.54, 1.807) is 19.1 Å². The van der Waals surface area contributed by atoms with E-state index in [1.807, 2.05) is 16.8 Å². The van der Waals surface area contributed by atoms with Crippen LogP contribution in [-0.2, 0) is 10.0 Å². The number of hydrogen-bond acceptors (Lipinski definition) is 3. The molecule has 0 saturated carbocycles. The third kappa shape index (κ3) is 3.58. The summed E-state index contributed by atoms with van der Waals surface area (Å²) in [6.07, 6.45) is 0. The van der Waals surface area contributed by atoms with Gasteiger partial charge in [0.1, 0.15) is 4.90 Å². The van der Waals surface area contributed by atoms with E-state index in [2.05, 4.69) is 20.7 Å². The summed E-state index contributed by atoms with van der Waals surface area (Å²) in [4.78, 5) is 0.0828. The van der Waals surface area contributed by atoms with Crippen LogP contribution in [0.5, 0.6) is 0 Å². The zero-order valence-corrected chi connectivity index (χ0v) is 13.9. The minimum Gasteiger partial charge on any atom is -0.207 e. The van der Waals surface area contributed by atoms with Gasteiger partial charge in [-0.3, -0.25) is 0 Å². The van der Waals surface area contributed by atoms with Crippen molar-refractivity contribution in [3.05, 3.63) is 50.1 Å². The van der Waals surface area contributed by atoms with E-state index in [0.717, 1.165) is 10.0 Å². The minimum atomic E-state index is -3.63. The molecule has 0 aliphatic heterocycles. The maximum Gasteiger partial charge on any atom is 0.242 e. The second-order valence-electron chi connectivity index (χ2n) is 3.97. The van der Waals surface area contributed by atoms with Gasteiger partial charge in [0.05, 0.1) is 5.02 Å². The maximum atomic E-state index is 12.3. The molecule has 1 N–H and O–H groups in total. The Balaban J connectivity index is 2.28. The molecular formula is C12H11BrClNO2S2. The van der Waals surface area contributed by atoms with Crippen molar-refractivity contribution in [1.82, 2.24) is 4.72 Å². The Labute approximate surface area is 129 Å². The highest BCUT2D eigenvalue weighted by Gasteiger charge is 2.21. The Hall–Kier alpha value is -0.400. The highest BCUT2D eigenvalue weighted by Crippen LogP contribution is 2.26. The third-order valence-electron chi connectivity index (χ3n) is 2.56. The van der Waals surface area contributed by atoms with Gasteiger partial charge in [0.25, 0.3) is 0 Å². The van der Waals surface area contributed by atoms with Gasteiger partial charge in [-0.25, -0.2) is 13.1 Å². The molecule has 19 heavy (non-hydrogen) atoms. The topological polar surface area (TPSA) is 46.2 Å². The number of thiophene rings is 1. The molecule has 1 unspecified atom stereocenters. The minimum absolute atomic E-state index is 0.0828. The molecule has 0 amide bonds. The highest BCUT2D eigenvalue weighted by atomic mass is 79.9. The molecular weight excluding hydrogens is 370 g/mol. The number of rotatable bonds is 4. The van der Waals surface area contributed by atoms with Gasteiger partial charge in [-0.2, -0.15) is 11.3 Å². The van der Waals surface area contributed by atoms with Crippen LogP contribution < -0.4 is 4.72 Å². The Morgan fingerprint density at radius 2 is 2.11 bits per heavy atom. The maximum absolute atomic E-state index is 12.3. The van der Waals surface area contributed by atoms with Gasteiger partial charge in [-0.15, -0.1) is 0 Å². The van der Waals surface area contributed by atoms with E-state index < -0.39 is 10.0 Å². The SMILES string of the molecule is CC(NS(=O)(=O)c1ccc(Br)cc1Cl)c1ccsc1. The summed E-state index contributed by atoms with van der Waals surface area (Å²) in [5.41, 5.74) is 0.932. The second-order valence-corrected chi connectivity index (χ2v) is 7.76. The molecule has 102 valence electrons. The fourth-order valence-corrected chi connectivity index (χ4v) is 4.60. The Morgan fingerprint density at radius 3 is 2.68 bits per heavy atom. The Kier molecular flexibility index (Phi) is 4.68. The van der Waals surface area contributed by atoms with Crippen LogP contribution in [0, 0.1) is 0 Å². The molecule has 2 aromatic rings. The van der Waals surface area contributed by atoms with Gasteiger partial charge in [0, 0.05) is 10.5 Å². The number of hydrogen-bond donors (Lipinski definition) is 1. The molecule has 0 bridgehead atoms. The molecule has 2 rings (SSSR count). The van der Waals surface area contributed by atoms with Crippen LogP contribution in [0.25, 0.3) is 0 Å². The van der Waals surface area contributed by atoms with Crippen LogP contribution in [0.2, 0.25) is 5.02 Å².